The number of amides is 1. The highest BCUT2D eigenvalue weighted by Gasteiger charge is 2.33. The van der Waals surface area contributed by atoms with Crippen LogP contribution in [0.5, 0.6) is 17.2 Å². The number of halogens is 1. The fourth-order valence-corrected chi connectivity index (χ4v) is 4.66. The maximum atomic E-state index is 13.0. The van der Waals surface area contributed by atoms with Crippen LogP contribution < -0.4 is 19.1 Å². The van der Waals surface area contributed by atoms with Gasteiger partial charge >= 0.3 is 0 Å². The monoisotopic (exact) mass is 505 g/mol. The summed E-state index contributed by atoms with van der Waals surface area (Å²) in [4.78, 5) is 15.1. The molecule has 1 aliphatic heterocycles. The predicted molar refractivity (Wildman–Crippen MR) is 130 cm³/mol. The van der Waals surface area contributed by atoms with E-state index in [0.29, 0.717) is 45.4 Å². The normalized spacial score (nSPS) is 14.9. The molecular formula is C22H20BrNO4S2. The zero-order chi connectivity index (χ0) is 21.7. The molecule has 0 atom stereocenters. The van der Waals surface area contributed by atoms with E-state index in [1.165, 1.54) is 16.7 Å². The Morgan fingerprint density at radius 1 is 1.23 bits per heavy atom. The van der Waals surface area contributed by atoms with E-state index in [1.807, 2.05) is 31.2 Å². The first-order valence-electron chi connectivity index (χ1n) is 9.10. The van der Waals surface area contributed by atoms with Gasteiger partial charge in [0.1, 0.15) is 12.4 Å². The van der Waals surface area contributed by atoms with Crippen molar-refractivity contribution < 1.29 is 19.0 Å². The maximum Gasteiger partial charge on any atom is 0.270 e. The number of rotatable bonds is 8. The maximum absolute atomic E-state index is 13.0. The van der Waals surface area contributed by atoms with Crippen LogP contribution in [0.2, 0.25) is 0 Å². The summed E-state index contributed by atoms with van der Waals surface area (Å²) in [5, 5.41) is 0. The van der Waals surface area contributed by atoms with Crippen molar-refractivity contribution >= 4 is 61.9 Å². The lowest BCUT2D eigenvalue weighted by Gasteiger charge is -2.15. The van der Waals surface area contributed by atoms with Crippen molar-refractivity contribution in [3.8, 4) is 17.2 Å². The number of hydrogen-bond acceptors (Lipinski definition) is 6. The van der Waals surface area contributed by atoms with Crippen LogP contribution in [0.3, 0.4) is 0 Å². The van der Waals surface area contributed by atoms with Crippen LogP contribution in [-0.4, -0.2) is 30.6 Å². The van der Waals surface area contributed by atoms with Gasteiger partial charge in [-0.2, -0.15) is 0 Å². The zero-order valence-corrected chi connectivity index (χ0v) is 19.7. The van der Waals surface area contributed by atoms with Crippen LogP contribution in [0, 0.1) is 0 Å². The van der Waals surface area contributed by atoms with E-state index in [4.69, 9.17) is 26.4 Å². The van der Waals surface area contributed by atoms with E-state index < -0.39 is 0 Å². The molecule has 0 N–H and O–H groups in total. The molecule has 2 aromatic carbocycles. The molecule has 1 aliphatic rings. The first kappa shape index (κ1) is 22.4. The third-order valence-corrected chi connectivity index (χ3v) is 5.99. The van der Waals surface area contributed by atoms with Crippen LogP contribution in [-0.2, 0) is 4.79 Å². The van der Waals surface area contributed by atoms with E-state index in [1.54, 1.807) is 31.4 Å². The molecule has 3 rings (SSSR count). The quantitative estimate of drug-likeness (QED) is 0.255. The average Bonchev–Trinajstić information content (AvgIpc) is 3.00. The van der Waals surface area contributed by atoms with Gasteiger partial charge in [0.05, 0.1) is 28.8 Å². The van der Waals surface area contributed by atoms with Gasteiger partial charge in [0.2, 0.25) is 0 Å². The summed E-state index contributed by atoms with van der Waals surface area (Å²) in [5.74, 6) is 1.73. The van der Waals surface area contributed by atoms with Gasteiger partial charge in [-0.1, -0.05) is 36.6 Å². The van der Waals surface area contributed by atoms with Gasteiger partial charge in [0, 0.05) is 0 Å². The minimum absolute atomic E-state index is 0.170. The van der Waals surface area contributed by atoms with E-state index in [-0.39, 0.29) is 5.91 Å². The molecule has 156 valence electrons. The van der Waals surface area contributed by atoms with Crippen molar-refractivity contribution in [1.29, 1.82) is 0 Å². The molecule has 0 aliphatic carbocycles. The molecule has 8 heteroatoms. The average molecular weight is 506 g/mol. The Kier molecular flexibility index (Phi) is 7.58. The highest BCUT2D eigenvalue weighted by molar-refractivity contribution is 9.10. The first-order valence-corrected chi connectivity index (χ1v) is 11.1. The van der Waals surface area contributed by atoms with Gasteiger partial charge in [-0.05, 0) is 70.9 Å². The SMILES string of the molecule is C=CCOc1c(Br)cc(/C=C2\SC(=S)N(c3ccc(OC)cc3)C2=O)cc1OCC. The second-order valence-corrected chi connectivity index (χ2v) is 8.61. The standard InChI is InChI=1S/C22H20BrNO4S2/c1-4-10-28-20-17(23)11-14(12-18(20)27-5-2)13-19-21(25)24(22(29)30-19)15-6-8-16(26-3)9-7-15/h4,6-9,11-13H,1,5,10H2,2-3H3/b19-13-. The molecule has 2 aromatic rings. The molecule has 0 saturated carbocycles. The molecule has 0 aromatic heterocycles. The van der Waals surface area contributed by atoms with Crippen molar-refractivity contribution in [3.05, 3.63) is 64.0 Å². The third-order valence-electron chi connectivity index (χ3n) is 4.10. The first-order chi connectivity index (χ1) is 14.5. The van der Waals surface area contributed by atoms with Crippen LogP contribution in [0.1, 0.15) is 12.5 Å². The summed E-state index contributed by atoms with van der Waals surface area (Å²) in [6.07, 6.45) is 3.47. The molecule has 0 radical (unpaired) electrons. The summed E-state index contributed by atoms with van der Waals surface area (Å²) in [7, 11) is 1.60. The summed E-state index contributed by atoms with van der Waals surface area (Å²) in [6.45, 7) is 6.42. The Balaban J connectivity index is 1.91. The zero-order valence-electron chi connectivity index (χ0n) is 16.5. The van der Waals surface area contributed by atoms with Crippen molar-refractivity contribution in [3.63, 3.8) is 0 Å². The summed E-state index contributed by atoms with van der Waals surface area (Å²) in [6, 6.07) is 10.9. The fourth-order valence-electron chi connectivity index (χ4n) is 2.79. The minimum Gasteiger partial charge on any atom is -0.497 e. The van der Waals surface area contributed by atoms with Gasteiger partial charge in [0.25, 0.3) is 5.91 Å². The number of carbonyl (C=O) groups excluding carboxylic acids is 1. The van der Waals surface area contributed by atoms with Gasteiger partial charge in [-0.15, -0.1) is 0 Å². The predicted octanol–water partition coefficient (Wildman–Crippen LogP) is 5.83. The number of thiocarbonyl (C=S) groups is 1. The molecule has 30 heavy (non-hydrogen) atoms. The Bertz CT molecular complexity index is 1000. The number of hydrogen-bond donors (Lipinski definition) is 0. The molecule has 1 heterocycles. The lowest BCUT2D eigenvalue weighted by Crippen LogP contribution is -2.27. The van der Waals surface area contributed by atoms with E-state index >= 15 is 0 Å². The number of anilines is 1. The number of ether oxygens (including phenoxy) is 3. The molecule has 0 spiro atoms. The summed E-state index contributed by atoms with van der Waals surface area (Å²) < 4.78 is 17.8. The number of benzene rings is 2. The Labute approximate surface area is 193 Å². The van der Waals surface area contributed by atoms with Gasteiger partial charge in [-0.25, -0.2) is 0 Å². The van der Waals surface area contributed by atoms with E-state index in [0.717, 1.165) is 10.0 Å². The minimum atomic E-state index is -0.170. The smallest absolute Gasteiger partial charge is 0.270 e. The Hall–Kier alpha value is -2.29. The van der Waals surface area contributed by atoms with Crippen LogP contribution in [0.4, 0.5) is 5.69 Å². The number of nitrogens with zero attached hydrogens (tertiary/aromatic N) is 1. The molecule has 1 saturated heterocycles. The highest BCUT2D eigenvalue weighted by atomic mass is 79.9. The largest absolute Gasteiger partial charge is 0.497 e. The fraction of sp³-hybridized carbons (Fsp3) is 0.182. The van der Waals surface area contributed by atoms with E-state index in [2.05, 4.69) is 22.5 Å². The van der Waals surface area contributed by atoms with Crippen LogP contribution in [0.15, 0.2) is 58.4 Å². The molecule has 0 unspecified atom stereocenters. The lowest BCUT2D eigenvalue weighted by atomic mass is 10.1. The molecular weight excluding hydrogens is 486 g/mol. The lowest BCUT2D eigenvalue weighted by molar-refractivity contribution is -0.113. The van der Waals surface area contributed by atoms with Crippen LogP contribution >= 0.6 is 39.9 Å². The van der Waals surface area contributed by atoms with Crippen LogP contribution in [0.25, 0.3) is 6.08 Å². The molecule has 0 bridgehead atoms. The number of thioether (sulfide) groups is 1. The van der Waals surface area contributed by atoms with Crippen molar-refractivity contribution in [2.45, 2.75) is 6.92 Å². The van der Waals surface area contributed by atoms with Crippen molar-refractivity contribution in [2.24, 2.45) is 0 Å². The second-order valence-electron chi connectivity index (χ2n) is 6.08. The Morgan fingerprint density at radius 2 is 1.97 bits per heavy atom. The third kappa shape index (κ3) is 4.88. The van der Waals surface area contributed by atoms with Gasteiger partial charge in [-0.3, -0.25) is 9.69 Å². The molecule has 1 fully saturated rings. The number of methoxy groups -OCH3 is 1. The summed E-state index contributed by atoms with van der Waals surface area (Å²) >= 11 is 10.2. The van der Waals surface area contributed by atoms with Gasteiger partial charge < -0.3 is 14.2 Å². The molecule has 5 nitrogen and oxygen atoms in total. The van der Waals surface area contributed by atoms with Crippen molar-refractivity contribution in [1.82, 2.24) is 0 Å². The van der Waals surface area contributed by atoms with Crippen molar-refractivity contribution in [2.75, 3.05) is 25.2 Å². The topological polar surface area (TPSA) is 48.0 Å². The second kappa shape index (κ2) is 10.1. The molecule has 1 amide bonds. The highest BCUT2D eigenvalue weighted by Crippen LogP contribution is 2.40. The summed E-state index contributed by atoms with van der Waals surface area (Å²) in [5.41, 5.74) is 1.50. The van der Waals surface area contributed by atoms with E-state index in [9.17, 15) is 4.79 Å². The number of carbonyl (C=O) groups is 1. The van der Waals surface area contributed by atoms with Gasteiger partial charge in [0.15, 0.2) is 15.8 Å². The Morgan fingerprint density at radius 3 is 2.60 bits per heavy atom.